The Morgan fingerprint density at radius 2 is 2.10 bits per heavy atom. The van der Waals surface area contributed by atoms with Gasteiger partial charge in [-0.2, -0.15) is 0 Å². The molecular formula is C16H22N4O. The Bertz CT molecular complexity index is 554. The van der Waals surface area contributed by atoms with Gasteiger partial charge in [0.15, 0.2) is 0 Å². The van der Waals surface area contributed by atoms with Crippen molar-refractivity contribution >= 4 is 5.82 Å². The number of hydrogen-bond donors (Lipinski definition) is 1. The van der Waals surface area contributed by atoms with Gasteiger partial charge in [-0.05, 0) is 38.8 Å². The second kappa shape index (κ2) is 6.26. The molecule has 0 bridgehead atoms. The first kappa shape index (κ1) is 14.1. The Morgan fingerprint density at radius 3 is 2.71 bits per heavy atom. The van der Waals surface area contributed by atoms with Gasteiger partial charge in [0.1, 0.15) is 11.6 Å². The van der Waals surface area contributed by atoms with Crippen molar-refractivity contribution in [3.63, 3.8) is 0 Å². The molecule has 0 spiro atoms. The maximum absolute atomic E-state index is 5.60. The molecule has 1 N–H and O–H groups in total. The van der Waals surface area contributed by atoms with Crippen molar-refractivity contribution in [2.75, 3.05) is 18.0 Å². The summed E-state index contributed by atoms with van der Waals surface area (Å²) < 4.78 is 5.60. The molecule has 1 fully saturated rings. The van der Waals surface area contributed by atoms with E-state index in [-0.39, 0.29) is 0 Å². The number of piperidine rings is 1. The number of aryl methyl sites for hydroxylation is 2. The standard InChI is InChI=1S/C16H22N4O/c1-12-13(2)21-16(19-12)11-18-14-6-9-20(10-7-14)15-5-3-4-8-17-15/h3-5,8,14,18H,6-7,9-11H2,1-2H3. The number of nitrogens with one attached hydrogen (secondary N) is 1. The normalized spacial score (nSPS) is 16.4. The van der Waals surface area contributed by atoms with Gasteiger partial charge < -0.3 is 14.6 Å². The summed E-state index contributed by atoms with van der Waals surface area (Å²) in [6.45, 7) is 6.73. The molecule has 1 aliphatic rings. The number of nitrogens with zero attached hydrogens (tertiary/aromatic N) is 3. The van der Waals surface area contributed by atoms with Crippen LogP contribution in [0.2, 0.25) is 0 Å². The van der Waals surface area contributed by atoms with Crippen LogP contribution in [0.1, 0.15) is 30.2 Å². The van der Waals surface area contributed by atoms with E-state index in [1.165, 1.54) is 0 Å². The molecule has 0 amide bonds. The van der Waals surface area contributed by atoms with Gasteiger partial charge in [0.05, 0.1) is 12.2 Å². The summed E-state index contributed by atoms with van der Waals surface area (Å²) >= 11 is 0. The predicted octanol–water partition coefficient (Wildman–Crippen LogP) is 2.45. The molecule has 112 valence electrons. The van der Waals surface area contributed by atoms with Gasteiger partial charge in [0.25, 0.3) is 0 Å². The van der Waals surface area contributed by atoms with Crippen LogP contribution in [0, 0.1) is 13.8 Å². The third kappa shape index (κ3) is 3.42. The molecule has 2 aromatic rings. The Kier molecular flexibility index (Phi) is 4.20. The lowest BCUT2D eigenvalue weighted by atomic mass is 10.1. The lowest BCUT2D eigenvalue weighted by Gasteiger charge is -2.33. The van der Waals surface area contributed by atoms with Crippen molar-refractivity contribution < 1.29 is 4.42 Å². The smallest absolute Gasteiger partial charge is 0.208 e. The molecule has 0 radical (unpaired) electrons. The number of pyridine rings is 1. The monoisotopic (exact) mass is 286 g/mol. The maximum atomic E-state index is 5.60. The quantitative estimate of drug-likeness (QED) is 0.935. The van der Waals surface area contributed by atoms with Crippen LogP contribution in [-0.4, -0.2) is 29.1 Å². The lowest BCUT2D eigenvalue weighted by molar-refractivity contribution is 0.377. The minimum absolute atomic E-state index is 0.525. The molecule has 0 unspecified atom stereocenters. The van der Waals surface area contributed by atoms with Crippen molar-refractivity contribution in [2.24, 2.45) is 0 Å². The summed E-state index contributed by atoms with van der Waals surface area (Å²) in [6.07, 6.45) is 4.09. The number of anilines is 1. The van der Waals surface area contributed by atoms with Crippen molar-refractivity contribution in [2.45, 2.75) is 39.3 Å². The first-order valence-corrected chi connectivity index (χ1v) is 7.54. The third-order valence-electron chi connectivity index (χ3n) is 4.08. The van der Waals surface area contributed by atoms with Crippen molar-refractivity contribution in [1.29, 1.82) is 0 Å². The summed E-state index contributed by atoms with van der Waals surface area (Å²) in [4.78, 5) is 11.2. The fourth-order valence-electron chi connectivity index (χ4n) is 2.70. The highest BCUT2D eigenvalue weighted by Gasteiger charge is 2.20. The van der Waals surface area contributed by atoms with Crippen LogP contribution in [0.15, 0.2) is 28.8 Å². The van der Waals surface area contributed by atoms with Crippen LogP contribution in [0.3, 0.4) is 0 Å². The van der Waals surface area contributed by atoms with Gasteiger partial charge in [-0.3, -0.25) is 0 Å². The van der Waals surface area contributed by atoms with Crippen LogP contribution in [0.5, 0.6) is 0 Å². The number of rotatable bonds is 4. The molecule has 0 aromatic carbocycles. The second-order valence-electron chi connectivity index (χ2n) is 5.58. The van der Waals surface area contributed by atoms with Crippen LogP contribution in [-0.2, 0) is 6.54 Å². The second-order valence-corrected chi connectivity index (χ2v) is 5.58. The third-order valence-corrected chi connectivity index (χ3v) is 4.08. The topological polar surface area (TPSA) is 54.2 Å². The van der Waals surface area contributed by atoms with Crippen molar-refractivity contribution in [1.82, 2.24) is 15.3 Å². The summed E-state index contributed by atoms with van der Waals surface area (Å²) in [7, 11) is 0. The zero-order chi connectivity index (χ0) is 14.7. The number of oxazole rings is 1. The van der Waals surface area contributed by atoms with Gasteiger partial charge in [0, 0.05) is 25.3 Å². The number of aromatic nitrogens is 2. The average molecular weight is 286 g/mol. The van der Waals surface area contributed by atoms with E-state index in [0.717, 1.165) is 49.1 Å². The molecular weight excluding hydrogens is 264 g/mol. The summed E-state index contributed by atoms with van der Waals surface area (Å²) in [5.74, 6) is 2.78. The summed E-state index contributed by atoms with van der Waals surface area (Å²) in [5.41, 5.74) is 0.983. The Balaban J connectivity index is 1.48. The molecule has 2 aromatic heterocycles. The molecule has 3 rings (SSSR count). The SMILES string of the molecule is Cc1nc(CNC2CCN(c3ccccn3)CC2)oc1C. The predicted molar refractivity (Wildman–Crippen MR) is 82.3 cm³/mol. The highest BCUT2D eigenvalue weighted by Crippen LogP contribution is 2.17. The van der Waals surface area contributed by atoms with Crippen LogP contribution < -0.4 is 10.2 Å². The minimum atomic E-state index is 0.525. The first-order chi connectivity index (χ1) is 10.2. The largest absolute Gasteiger partial charge is 0.444 e. The van der Waals surface area contributed by atoms with E-state index in [9.17, 15) is 0 Å². The molecule has 1 aliphatic heterocycles. The molecule has 5 nitrogen and oxygen atoms in total. The Hall–Kier alpha value is -1.88. The molecule has 3 heterocycles. The van der Waals surface area contributed by atoms with Gasteiger partial charge in [-0.1, -0.05) is 6.07 Å². The lowest BCUT2D eigenvalue weighted by Crippen LogP contribution is -2.42. The Morgan fingerprint density at radius 1 is 1.29 bits per heavy atom. The summed E-state index contributed by atoms with van der Waals surface area (Å²) in [5, 5.41) is 3.55. The zero-order valence-corrected chi connectivity index (χ0v) is 12.7. The zero-order valence-electron chi connectivity index (χ0n) is 12.7. The van der Waals surface area contributed by atoms with E-state index in [1.54, 1.807) is 0 Å². The maximum Gasteiger partial charge on any atom is 0.208 e. The van der Waals surface area contributed by atoms with Crippen LogP contribution >= 0.6 is 0 Å². The first-order valence-electron chi connectivity index (χ1n) is 7.54. The number of hydrogen-bond acceptors (Lipinski definition) is 5. The fraction of sp³-hybridized carbons (Fsp3) is 0.500. The van der Waals surface area contributed by atoms with Crippen molar-refractivity contribution in [3.8, 4) is 0 Å². The molecule has 0 aliphatic carbocycles. The Labute approximate surface area is 125 Å². The van der Waals surface area contributed by atoms with E-state index in [1.807, 2.05) is 32.2 Å². The van der Waals surface area contributed by atoms with Gasteiger partial charge in [-0.15, -0.1) is 0 Å². The summed E-state index contributed by atoms with van der Waals surface area (Å²) in [6, 6.07) is 6.60. The van der Waals surface area contributed by atoms with E-state index < -0.39 is 0 Å². The molecule has 5 heteroatoms. The minimum Gasteiger partial charge on any atom is -0.444 e. The molecule has 1 saturated heterocycles. The van der Waals surface area contributed by atoms with E-state index >= 15 is 0 Å². The van der Waals surface area contributed by atoms with Gasteiger partial charge >= 0.3 is 0 Å². The van der Waals surface area contributed by atoms with E-state index in [0.29, 0.717) is 12.6 Å². The highest BCUT2D eigenvalue weighted by atomic mass is 16.4. The van der Waals surface area contributed by atoms with Gasteiger partial charge in [-0.25, -0.2) is 9.97 Å². The van der Waals surface area contributed by atoms with E-state index in [4.69, 9.17) is 4.42 Å². The average Bonchev–Trinajstić information content (AvgIpc) is 2.85. The van der Waals surface area contributed by atoms with E-state index in [2.05, 4.69) is 26.3 Å². The molecule has 21 heavy (non-hydrogen) atoms. The van der Waals surface area contributed by atoms with Crippen LogP contribution in [0.25, 0.3) is 0 Å². The molecule has 0 saturated carbocycles. The van der Waals surface area contributed by atoms with Gasteiger partial charge in [0.2, 0.25) is 5.89 Å². The van der Waals surface area contributed by atoms with Crippen molar-refractivity contribution in [3.05, 3.63) is 41.7 Å². The highest BCUT2D eigenvalue weighted by molar-refractivity contribution is 5.38. The van der Waals surface area contributed by atoms with Crippen LogP contribution in [0.4, 0.5) is 5.82 Å². The molecule has 0 atom stereocenters. The fourth-order valence-corrected chi connectivity index (χ4v) is 2.70.